The molecule has 5 atom stereocenters. The lowest BCUT2D eigenvalue weighted by atomic mass is 10.0. The number of ether oxygens (including phenoxy) is 3. The van der Waals surface area contributed by atoms with Crippen molar-refractivity contribution in [2.75, 3.05) is 57.5 Å². The molecular weight excluding hydrogens is 585 g/mol. The zero-order chi connectivity index (χ0) is 32.0. The molecule has 4 heterocycles. The summed E-state index contributed by atoms with van der Waals surface area (Å²) in [7, 11) is 0. The first-order valence-electron chi connectivity index (χ1n) is 16.4. The predicted molar refractivity (Wildman–Crippen MR) is 176 cm³/mol. The Morgan fingerprint density at radius 2 is 1.74 bits per heavy atom. The van der Waals surface area contributed by atoms with Crippen LogP contribution in [0.5, 0.6) is 5.88 Å². The topological polar surface area (TPSA) is 79.4 Å². The summed E-state index contributed by atoms with van der Waals surface area (Å²) in [6.07, 6.45) is 2.33. The maximum absolute atomic E-state index is 14.5. The molecule has 3 aromatic rings. The average Bonchev–Trinajstić information content (AvgIpc) is 3.05. The van der Waals surface area contributed by atoms with E-state index in [1.54, 1.807) is 18.3 Å². The summed E-state index contributed by atoms with van der Waals surface area (Å²) in [5.41, 5.74) is 3.61. The summed E-state index contributed by atoms with van der Waals surface area (Å²) >= 11 is 0. The fourth-order valence-electron chi connectivity index (χ4n) is 6.79. The van der Waals surface area contributed by atoms with Crippen LogP contribution in [-0.4, -0.2) is 104 Å². The number of fused-ring (bicyclic) bond motifs is 1. The smallest absolute Gasteiger partial charge is 0.241 e. The van der Waals surface area contributed by atoms with Gasteiger partial charge in [0.15, 0.2) is 0 Å². The summed E-state index contributed by atoms with van der Waals surface area (Å²) in [5.74, 6) is 0.173. The van der Waals surface area contributed by atoms with Gasteiger partial charge in [-0.15, -0.1) is 0 Å². The molecule has 1 amide bonds. The van der Waals surface area contributed by atoms with Gasteiger partial charge in [0.25, 0.3) is 0 Å². The van der Waals surface area contributed by atoms with Crippen molar-refractivity contribution in [1.82, 2.24) is 20.1 Å². The summed E-state index contributed by atoms with van der Waals surface area (Å²) < 4.78 is 31.6. The number of carbonyl (C=O) groups is 1. The SMILES string of the molecule is C[C@@H]1CN(CC(=O)N2c3cc(Cc4ccc(F)cc4)cnc3OCC2COCc2ccccc2)[C@@H](CN2[C@H](C)COC[C@H]2C)CN1. The number of hydrogen-bond acceptors (Lipinski definition) is 8. The number of benzene rings is 2. The van der Waals surface area contributed by atoms with E-state index in [4.69, 9.17) is 14.2 Å². The van der Waals surface area contributed by atoms with Crippen LogP contribution in [0, 0.1) is 5.82 Å². The van der Waals surface area contributed by atoms with Crippen molar-refractivity contribution >= 4 is 11.6 Å². The lowest BCUT2D eigenvalue weighted by Crippen LogP contribution is -2.64. The average molecular weight is 632 g/mol. The highest BCUT2D eigenvalue weighted by atomic mass is 19.1. The van der Waals surface area contributed by atoms with E-state index >= 15 is 0 Å². The minimum absolute atomic E-state index is 0.000711. The molecular formula is C36H46FN5O4. The van der Waals surface area contributed by atoms with Gasteiger partial charge in [-0.25, -0.2) is 9.37 Å². The Kier molecular flexibility index (Phi) is 10.6. The number of amides is 1. The lowest BCUT2D eigenvalue weighted by Gasteiger charge is -2.46. The van der Waals surface area contributed by atoms with Crippen LogP contribution < -0.4 is 15.0 Å². The number of aromatic nitrogens is 1. The Hall–Kier alpha value is -3.41. The molecule has 246 valence electrons. The van der Waals surface area contributed by atoms with Gasteiger partial charge in [-0.1, -0.05) is 42.5 Å². The van der Waals surface area contributed by atoms with Crippen molar-refractivity contribution in [2.24, 2.45) is 0 Å². The van der Waals surface area contributed by atoms with Crippen LogP contribution in [0.3, 0.4) is 0 Å². The van der Waals surface area contributed by atoms with Crippen molar-refractivity contribution in [1.29, 1.82) is 0 Å². The normalized spacial score (nSPS) is 25.6. The Bertz CT molecular complexity index is 1430. The molecule has 3 aliphatic heterocycles. The van der Waals surface area contributed by atoms with E-state index in [0.29, 0.717) is 49.9 Å². The molecule has 2 aromatic carbocycles. The van der Waals surface area contributed by atoms with Gasteiger partial charge in [0.2, 0.25) is 11.8 Å². The van der Waals surface area contributed by atoms with Crippen LogP contribution in [-0.2, 0) is 27.3 Å². The van der Waals surface area contributed by atoms with E-state index in [0.717, 1.165) is 49.5 Å². The van der Waals surface area contributed by atoms with Crippen molar-refractivity contribution < 1.29 is 23.4 Å². The van der Waals surface area contributed by atoms with Gasteiger partial charge in [-0.2, -0.15) is 0 Å². The second kappa shape index (κ2) is 15.0. The van der Waals surface area contributed by atoms with Crippen LogP contribution in [0.25, 0.3) is 0 Å². The highest BCUT2D eigenvalue weighted by molar-refractivity contribution is 5.97. The number of carbonyl (C=O) groups excluding carboxylic acids is 1. The number of anilines is 1. The number of nitrogens with one attached hydrogen (secondary N) is 1. The molecule has 6 rings (SSSR count). The van der Waals surface area contributed by atoms with E-state index in [2.05, 4.69) is 40.9 Å². The number of piperazine rings is 1. The van der Waals surface area contributed by atoms with Gasteiger partial charge in [0.05, 0.1) is 39.0 Å². The molecule has 3 aliphatic rings. The second-order valence-electron chi connectivity index (χ2n) is 13.0. The molecule has 0 spiro atoms. The minimum atomic E-state index is -0.315. The van der Waals surface area contributed by atoms with E-state index in [-0.39, 0.29) is 36.4 Å². The largest absolute Gasteiger partial charge is 0.474 e. The molecule has 46 heavy (non-hydrogen) atoms. The van der Waals surface area contributed by atoms with Crippen molar-refractivity contribution in [3.05, 3.63) is 89.4 Å². The number of halogens is 1. The number of hydrogen-bond donors (Lipinski definition) is 1. The van der Waals surface area contributed by atoms with Crippen molar-refractivity contribution in [2.45, 2.75) is 64.0 Å². The van der Waals surface area contributed by atoms with Gasteiger partial charge < -0.3 is 19.5 Å². The maximum atomic E-state index is 14.5. The Morgan fingerprint density at radius 3 is 2.50 bits per heavy atom. The zero-order valence-electron chi connectivity index (χ0n) is 27.1. The van der Waals surface area contributed by atoms with E-state index in [1.165, 1.54) is 12.1 Å². The van der Waals surface area contributed by atoms with Crippen LogP contribution >= 0.6 is 0 Å². The van der Waals surface area contributed by atoms with Crippen LogP contribution in [0.2, 0.25) is 0 Å². The molecule has 0 bridgehead atoms. The molecule has 1 N–H and O–H groups in total. The van der Waals surface area contributed by atoms with Crippen molar-refractivity contribution in [3.8, 4) is 5.88 Å². The van der Waals surface area contributed by atoms with Gasteiger partial charge in [0, 0.05) is 50.0 Å². The Balaban J connectivity index is 1.24. The number of morpholine rings is 1. The molecule has 0 aliphatic carbocycles. The highest BCUT2D eigenvalue weighted by Crippen LogP contribution is 2.34. The second-order valence-corrected chi connectivity index (χ2v) is 13.0. The fraction of sp³-hybridized carbons (Fsp3) is 0.500. The number of rotatable bonds is 10. The maximum Gasteiger partial charge on any atom is 0.241 e. The summed E-state index contributed by atoms with van der Waals surface area (Å²) in [6.45, 7) is 11.9. The third-order valence-electron chi connectivity index (χ3n) is 9.28. The van der Waals surface area contributed by atoms with Gasteiger partial charge >= 0.3 is 0 Å². The van der Waals surface area contributed by atoms with E-state index in [9.17, 15) is 9.18 Å². The third kappa shape index (κ3) is 7.93. The van der Waals surface area contributed by atoms with Gasteiger partial charge in [0.1, 0.15) is 18.1 Å². The molecule has 1 unspecified atom stereocenters. The molecule has 9 nitrogen and oxygen atoms in total. The summed E-state index contributed by atoms with van der Waals surface area (Å²) in [5, 5.41) is 3.64. The van der Waals surface area contributed by atoms with Crippen molar-refractivity contribution in [3.63, 3.8) is 0 Å². The molecule has 0 saturated carbocycles. The van der Waals surface area contributed by atoms with Crippen LogP contribution in [0.1, 0.15) is 37.5 Å². The quantitative estimate of drug-likeness (QED) is 0.361. The monoisotopic (exact) mass is 631 g/mol. The fourth-order valence-corrected chi connectivity index (χ4v) is 6.79. The molecule has 1 aromatic heterocycles. The first-order valence-corrected chi connectivity index (χ1v) is 16.4. The molecule has 2 saturated heterocycles. The summed E-state index contributed by atoms with van der Waals surface area (Å²) in [6, 6.07) is 19.3. The Labute approximate surface area is 271 Å². The number of nitrogens with zero attached hydrogens (tertiary/aromatic N) is 4. The highest BCUT2D eigenvalue weighted by Gasteiger charge is 2.38. The molecule has 0 radical (unpaired) electrons. The van der Waals surface area contributed by atoms with Gasteiger partial charge in [-0.05, 0) is 62.1 Å². The van der Waals surface area contributed by atoms with Crippen LogP contribution in [0.4, 0.5) is 10.1 Å². The zero-order valence-corrected chi connectivity index (χ0v) is 27.1. The standard InChI is InChI=1S/C36H46FN5O4/c1-25-17-40(32(16-38-25)18-41-26(2)20-44-21-27(41)3)19-35(43)42-33(23-45-22-29-7-5-4-6-8-29)24-46-36-34(42)14-30(15-39-36)13-28-9-11-31(37)12-10-28/h4-12,14-15,25-27,32-33,38H,13,16-24H2,1-3H3/t25-,26-,27-,32-,33?/m1/s1. The third-order valence-corrected chi connectivity index (χ3v) is 9.28. The molecule has 10 heteroatoms. The number of pyridine rings is 1. The first-order chi connectivity index (χ1) is 22.3. The lowest BCUT2D eigenvalue weighted by molar-refractivity contribution is -0.122. The predicted octanol–water partition coefficient (Wildman–Crippen LogP) is 3.89. The first kappa shape index (κ1) is 32.5. The van der Waals surface area contributed by atoms with E-state index < -0.39 is 0 Å². The van der Waals surface area contributed by atoms with Crippen LogP contribution in [0.15, 0.2) is 66.9 Å². The minimum Gasteiger partial charge on any atom is -0.474 e. The van der Waals surface area contributed by atoms with Gasteiger partial charge in [-0.3, -0.25) is 19.5 Å². The molecule has 2 fully saturated rings. The Morgan fingerprint density at radius 1 is 0.978 bits per heavy atom. The van der Waals surface area contributed by atoms with E-state index in [1.807, 2.05) is 41.3 Å². The summed E-state index contributed by atoms with van der Waals surface area (Å²) in [4.78, 5) is 25.8.